The van der Waals surface area contributed by atoms with Crippen LogP contribution in [0.3, 0.4) is 0 Å². The SMILES string of the molecule is CCC(Cc1ccccc1)NCC1CCCC1C. The van der Waals surface area contributed by atoms with Crippen LogP contribution in [-0.2, 0) is 6.42 Å². The van der Waals surface area contributed by atoms with Gasteiger partial charge in [0.2, 0.25) is 0 Å². The third-order valence-electron chi connectivity index (χ3n) is 4.53. The van der Waals surface area contributed by atoms with Crippen molar-refractivity contribution in [2.75, 3.05) is 6.54 Å². The third kappa shape index (κ3) is 3.84. The number of rotatable bonds is 6. The summed E-state index contributed by atoms with van der Waals surface area (Å²) in [6.45, 7) is 5.92. The third-order valence-corrected chi connectivity index (χ3v) is 4.53. The zero-order valence-electron chi connectivity index (χ0n) is 11.9. The van der Waals surface area contributed by atoms with Crippen LogP contribution in [0.1, 0.15) is 45.1 Å². The van der Waals surface area contributed by atoms with E-state index in [2.05, 4.69) is 49.5 Å². The summed E-state index contributed by atoms with van der Waals surface area (Å²) in [5, 5.41) is 3.79. The molecule has 1 aromatic rings. The van der Waals surface area contributed by atoms with Crippen LogP contribution in [0.2, 0.25) is 0 Å². The van der Waals surface area contributed by atoms with Gasteiger partial charge < -0.3 is 5.32 Å². The van der Waals surface area contributed by atoms with E-state index in [0.717, 1.165) is 11.8 Å². The second-order valence-corrected chi connectivity index (χ2v) is 5.87. The molecule has 3 atom stereocenters. The molecule has 18 heavy (non-hydrogen) atoms. The van der Waals surface area contributed by atoms with Gasteiger partial charge >= 0.3 is 0 Å². The van der Waals surface area contributed by atoms with E-state index < -0.39 is 0 Å². The Labute approximate surface area is 112 Å². The topological polar surface area (TPSA) is 12.0 Å². The van der Waals surface area contributed by atoms with Crippen LogP contribution >= 0.6 is 0 Å². The van der Waals surface area contributed by atoms with E-state index in [4.69, 9.17) is 0 Å². The summed E-state index contributed by atoms with van der Waals surface area (Å²) in [6, 6.07) is 11.5. The molecule has 0 amide bonds. The van der Waals surface area contributed by atoms with Crippen molar-refractivity contribution in [3.63, 3.8) is 0 Å². The lowest BCUT2D eigenvalue weighted by atomic mass is 9.97. The Morgan fingerprint density at radius 1 is 1.22 bits per heavy atom. The van der Waals surface area contributed by atoms with E-state index in [0.29, 0.717) is 6.04 Å². The van der Waals surface area contributed by atoms with Gasteiger partial charge in [-0.1, -0.05) is 57.0 Å². The van der Waals surface area contributed by atoms with Gasteiger partial charge in [-0.05, 0) is 43.2 Å². The molecule has 0 saturated heterocycles. The largest absolute Gasteiger partial charge is 0.313 e. The minimum atomic E-state index is 0.639. The van der Waals surface area contributed by atoms with Gasteiger partial charge in [0.25, 0.3) is 0 Å². The van der Waals surface area contributed by atoms with Crippen molar-refractivity contribution >= 4 is 0 Å². The maximum atomic E-state index is 3.79. The van der Waals surface area contributed by atoms with E-state index in [1.54, 1.807) is 0 Å². The molecule has 1 heteroatoms. The Balaban J connectivity index is 1.79. The first-order chi connectivity index (χ1) is 8.79. The fraction of sp³-hybridized carbons (Fsp3) is 0.647. The Kier molecular flexibility index (Phi) is 5.25. The van der Waals surface area contributed by atoms with Gasteiger partial charge in [-0.3, -0.25) is 0 Å². The van der Waals surface area contributed by atoms with Gasteiger partial charge in [0.15, 0.2) is 0 Å². The molecule has 2 rings (SSSR count). The fourth-order valence-electron chi connectivity index (χ4n) is 3.10. The van der Waals surface area contributed by atoms with Crippen LogP contribution in [0.25, 0.3) is 0 Å². The second-order valence-electron chi connectivity index (χ2n) is 5.87. The van der Waals surface area contributed by atoms with E-state index in [9.17, 15) is 0 Å². The summed E-state index contributed by atoms with van der Waals surface area (Å²) >= 11 is 0. The van der Waals surface area contributed by atoms with Crippen LogP contribution in [0.5, 0.6) is 0 Å². The Morgan fingerprint density at radius 3 is 2.61 bits per heavy atom. The quantitative estimate of drug-likeness (QED) is 0.798. The number of hydrogen-bond donors (Lipinski definition) is 1. The molecular formula is C17H27N. The zero-order chi connectivity index (χ0) is 12.8. The minimum Gasteiger partial charge on any atom is -0.313 e. The maximum absolute atomic E-state index is 3.79. The van der Waals surface area contributed by atoms with Gasteiger partial charge in [-0.2, -0.15) is 0 Å². The molecule has 100 valence electrons. The number of nitrogens with one attached hydrogen (secondary N) is 1. The van der Waals surface area contributed by atoms with E-state index in [1.807, 2.05) is 0 Å². The van der Waals surface area contributed by atoms with E-state index >= 15 is 0 Å². The van der Waals surface area contributed by atoms with Crippen molar-refractivity contribution in [2.24, 2.45) is 11.8 Å². The summed E-state index contributed by atoms with van der Waals surface area (Å²) in [5.41, 5.74) is 1.45. The Morgan fingerprint density at radius 2 is 2.00 bits per heavy atom. The van der Waals surface area contributed by atoms with Crippen LogP contribution in [0.4, 0.5) is 0 Å². The molecule has 0 aliphatic heterocycles. The van der Waals surface area contributed by atoms with Crippen molar-refractivity contribution in [3.05, 3.63) is 35.9 Å². The highest BCUT2D eigenvalue weighted by Gasteiger charge is 2.23. The first-order valence-corrected chi connectivity index (χ1v) is 7.57. The van der Waals surface area contributed by atoms with Crippen molar-refractivity contribution in [3.8, 4) is 0 Å². The first kappa shape index (κ1) is 13.6. The average molecular weight is 245 g/mol. The maximum Gasteiger partial charge on any atom is 0.0105 e. The van der Waals surface area contributed by atoms with Gasteiger partial charge in [0.1, 0.15) is 0 Å². The normalized spacial score (nSPS) is 25.2. The summed E-state index contributed by atoms with van der Waals surface area (Å²) < 4.78 is 0. The van der Waals surface area contributed by atoms with E-state index in [-0.39, 0.29) is 0 Å². The van der Waals surface area contributed by atoms with Crippen LogP contribution in [0, 0.1) is 11.8 Å². The van der Waals surface area contributed by atoms with E-state index in [1.165, 1.54) is 44.2 Å². The molecule has 0 radical (unpaired) electrons. The monoisotopic (exact) mass is 245 g/mol. The molecule has 1 aromatic carbocycles. The van der Waals surface area contributed by atoms with Gasteiger partial charge in [-0.15, -0.1) is 0 Å². The molecule has 1 nitrogen and oxygen atoms in total. The summed E-state index contributed by atoms with van der Waals surface area (Å²) in [5.74, 6) is 1.83. The molecule has 0 spiro atoms. The van der Waals surface area contributed by atoms with Crippen molar-refractivity contribution in [1.29, 1.82) is 0 Å². The average Bonchev–Trinajstić information content (AvgIpc) is 2.81. The Hall–Kier alpha value is -0.820. The molecule has 1 fully saturated rings. The van der Waals surface area contributed by atoms with Crippen LogP contribution in [0.15, 0.2) is 30.3 Å². The predicted octanol–water partition coefficient (Wildman–Crippen LogP) is 4.03. The highest BCUT2D eigenvalue weighted by atomic mass is 14.9. The van der Waals surface area contributed by atoms with Crippen LogP contribution < -0.4 is 5.32 Å². The summed E-state index contributed by atoms with van der Waals surface area (Å²) in [7, 11) is 0. The molecule has 1 saturated carbocycles. The van der Waals surface area contributed by atoms with Gasteiger partial charge in [0, 0.05) is 6.04 Å². The van der Waals surface area contributed by atoms with Crippen molar-refractivity contribution < 1.29 is 0 Å². The molecule has 0 aromatic heterocycles. The first-order valence-electron chi connectivity index (χ1n) is 7.57. The zero-order valence-corrected chi connectivity index (χ0v) is 11.9. The second kappa shape index (κ2) is 6.94. The highest BCUT2D eigenvalue weighted by molar-refractivity contribution is 5.15. The van der Waals surface area contributed by atoms with Gasteiger partial charge in [-0.25, -0.2) is 0 Å². The summed E-state index contributed by atoms with van der Waals surface area (Å²) in [4.78, 5) is 0. The predicted molar refractivity (Wildman–Crippen MR) is 78.7 cm³/mol. The van der Waals surface area contributed by atoms with Crippen LogP contribution in [-0.4, -0.2) is 12.6 Å². The fourth-order valence-corrected chi connectivity index (χ4v) is 3.10. The summed E-state index contributed by atoms with van der Waals surface area (Å²) in [6.07, 6.45) is 6.68. The lowest BCUT2D eigenvalue weighted by Crippen LogP contribution is -2.35. The minimum absolute atomic E-state index is 0.639. The Bertz CT molecular complexity index is 333. The molecule has 1 aliphatic rings. The van der Waals surface area contributed by atoms with Gasteiger partial charge in [0.05, 0.1) is 0 Å². The molecule has 1 N–H and O–H groups in total. The van der Waals surface area contributed by atoms with Crippen molar-refractivity contribution in [1.82, 2.24) is 5.32 Å². The lowest BCUT2D eigenvalue weighted by Gasteiger charge is -2.22. The smallest absolute Gasteiger partial charge is 0.0105 e. The molecule has 0 bridgehead atoms. The molecule has 0 heterocycles. The standard InChI is InChI=1S/C17H27N/c1-3-17(12-15-9-5-4-6-10-15)18-13-16-11-7-8-14(16)2/h4-6,9-10,14,16-18H,3,7-8,11-13H2,1-2H3. The van der Waals surface area contributed by atoms with Crippen molar-refractivity contribution in [2.45, 2.75) is 52.0 Å². The molecule has 3 unspecified atom stereocenters. The highest BCUT2D eigenvalue weighted by Crippen LogP contribution is 2.30. The number of hydrogen-bond acceptors (Lipinski definition) is 1. The molecule has 1 aliphatic carbocycles. The lowest BCUT2D eigenvalue weighted by molar-refractivity contribution is 0.361. The number of benzene rings is 1. The molecular weight excluding hydrogens is 218 g/mol.